The lowest BCUT2D eigenvalue weighted by Crippen LogP contribution is -2.62. The molecule has 1 aliphatic carbocycles. The zero-order valence-corrected chi connectivity index (χ0v) is 8.23. The van der Waals surface area contributed by atoms with Gasteiger partial charge in [0.15, 0.2) is 0 Å². The van der Waals surface area contributed by atoms with E-state index in [-0.39, 0.29) is 0 Å². The lowest BCUT2D eigenvalue weighted by atomic mass is 9.96. The Bertz CT molecular complexity index is 88.4. The van der Waals surface area contributed by atoms with E-state index >= 15 is 0 Å². The Balaban J connectivity index is 2.20. The van der Waals surface area contributed by atoms with Crippen molar-refractivity contribution in [1.29, 1.82) is 0 Å². The van der Waals surface area contributed by atoms with Crippen molar-refractivity contribution < 1.29 is 11.5 Å². The second-order valence-electron chi connectivity index (χ2n) is 4.30. The van der Waals surface area contributed by atoms with Crippen LogP contribution in [0, 0.1) is 0 Å². The lowest BCUT2D eigenvalue weighted by Gasteiger charge is -2.13. The molecule has 0 unspecified atom stereocenters. The van der Waals surface area contributed by atoms with Crippen molar-refractivity contribution in [2.45, 2.75) is 63.5 Å². The minimum absolute atomic E-state index is 0.728. The summed E-state index contributed by atoms with van der Waals surface area (Å²) < 4.78 is 0. The Morgan fingerprint density at radius 1 is 0.583 bits per heavy atom. The molecule has 0 heterocycles. The van der Waals surface area contributed by atoms with Crippen LogP contribution in [0.25, 0.3) is 0 Å². The van der Waals surface area contributed by atoms with Gasteiger partial charge in [-0.25, -0.2) is 0 Å². The average Bonchev–Trinajstić information content (AvgIpc) is 2.06. The predicted octanol–water partition coefficient (Wildman–Crippen LogP) is 0.342. The molecule has 0 spiro atoms. The molecule has 12 heavy (non-hydrogen) atoms. The van der Waals surface area contributed by atoms with Gasteiger partial charge in [0.25, 0.3) is 0 Å². The maximum absolute atomic E-state index is 4.17. The molecule has 0 aromatic rings. The van der Waals surface area contributed by atoms with Gasteiger partial charge in [0.1, 0.15) is 0 Å². The van der Waals surface area contributed by atoms with Gasteiger partial charge in [-0.2, -0.15) is 0 Å². The molecule has 0 saturated heterocycles. The van der Waals surface area contributed by atoms with E-state index in [9.17, 15) is 0 Å². The van der Waals surface area contributed by atoms with Crippen LogP contribution < -0.4 is 11.5 Å². The Morgan fingerprint density at radius 3 is 1.08 bits per heavy atom. The summed E-state index contributed by atoms with van der Waals surface area (Å²) in [6, 6.07) is 1.46. The second-order valence-corrected chi connectivity index (χ2v) is 4.30. The minimum atomic E-state index is 0.728. The SMILES string of the molecule is [NH3+]C1CCCCC([NH3+])CCCC1. The summed E-state index contributed by atoms with van der Waals surface area (Å²) in [6.45, 7) is 0. The van der Waals surface area contributed by atoms with E-state index in [1.165, 1.54) is 51.4 Å². The first kappa shape index (κ1) is 10.0. The molecule has 0 bridgehead atoms. The van der Waals surface area contributed by atoms with E-state index in [1.54, 1.807) is 0 Å². The average molecular weight is 172 g/mol. The van der Waals surface area contributed by atoms with Gasteiger partial charge in [-0.05, 0) is 51.4 Å². The first-order chi connectivity index (χ1) is 5.79. The van der Waals surface area contributed by atoms with Crippen molar-refractivity contribution >= 4 is 0 Å². The smallest absolute Gasteiger partial charge is 0.0843 e. The first-order valence-corrected chi connectivity index (χ1v) is 5.45. The third-order valence-electron chi connectivity index (χ3n) is 2.95. The highest BCUT2D eigenvalue weighted by Crippen LogP contribution is 2.13. The van der Waals surface area contributed by atoms with E-state index in [2.05, 4.69) is 11.5 Å². The Hall–Kier alpha value is -0.0800. The molecule has 1 saturated carbocycles. The minimum Gasteiger partial charge on any atom is -0.355 e. The van der Waals surface area contributed by atoms with Gasteiger partial charge in [0, 0.05) is 0 Å². The number of hydrogen-bond acceptors (Lipinski definition) is 0. The molecule has 1 rings (SSSR count). The Labute approximate surface area is 75.7 Å². The predicted molar refractivity (Wildman–Crippen MR) is 50.3 cm³/mol. The number of rotatable bonds is 0. The van der Waals surface area contributed by atoms with Gasteiger partial charge in [-0.1, -0.05) is 0 Å². The van der Waals surface area contributed by atoms with E-state index < -0.39 is 0 Å². The molecule has 0 radical (unpaired) electrons. The molecule has 1 aliphatic rings. The summed E-state index contributed by atoms with van der Waals surface area (Å²) in [7, 11) is 0. The molecule has 0 aliphatic heterocycles. The van der Waals surface area contributed by atoms with Crippen molar-refractivity contribution in [2.75, 3.05) is 0 Å². The molecule has 0 aromatic heterocycles. The van der Waals surface area contributed by atoms with Gasteiger partial charge in [0.05, 0.1) is 12.1 Å². The van der Waals surface area contributed by atoms with Crippen molar-refractivity contribution in [2.24, 2.45) is 0 Å². The zero-order valence-electron chi connectivity index (χ0n) is 8.23. The largest absolute Gasteiger partial charge is 0.355 e. The fraction of sp³-hybridized carbons (Fsp3) is 1.00. The molecule has 0 aromatic carbocycles. The maximum atomic E-state index is 4.17. The van der Waals surface area contributed by atoms with Crippen LogP contribution in [0.1, 0.15) is 51.4 Å². The Kier molecular flexibility index (Phi) is 4.62. The van der Waals surface area contributed by atoms with Gasteiger partial charge < -0.3 is 11.5 Å². The van der Waals surface area contributed by atoms with Crippen LogP contribution in [0.5, 0.6) is 0 Å². The number of hydrogen-bond donors (Lipinski definition) is 2. The molecule has 2 nitrogen and oxygen atoms in total. The van der Waals surface area contributed by atoms with Gasteiger partial charge in [-0.15, -0.1) is 0 Å². The molecule has 6 N–H and O–H groups in total. The van der Waals surface area contributed by atoms with Crippen LogP contribution in [0.15, 0.2) is 0 Å². The second kappa shape index (κ2) is 5.55. The summed E-state index contributed by atoms with van der Waals surface area (Å²) in [5.41, 5.74) is 8.35. The normalized spacial score (nSPS) is 34.5. The first-order valence-electron chi connectivity index (χ1n) is 5.45. The monoisotopic (exact) mass is 172 g/mol. The van der Waals surface area contributed by atoms with Crippen molar-refractivity contribution in [3.8, 4) is 0 Å². The molecule has 1 fully saturated rings. The van der Waals surface area contributed by atoms with Crippen molar-refractivity contribution in [1.82, 2.24) is 0 Å². The van der Waals surface area contributed by atoms with Crippen LogP contribution in [-0.2, 0) is 0 Å². The third kappa shape index (κ3) is 4.07. The molecule has 72 valence electrons. The van der Waals surface area contributed by atoms with E-state index in [0.717, 1.165) is 12.1 Å². The summed E-state index contributed by atoms with van der Waals surface area (Å²) in [5.74, 6) is 0. The molecule has 2 heteroatoms. The molecule has 0 atom stereocenters. The quantitative estimate of drug-likeness (QED) is 0.529. The Morgan fingerprint density at radius 2 is 0.833 bits per heavy atom. The standard InChI is InChI=1S/C10H22N2/c11-9-5-1-2-6-10(12)8-4-3-7-9/h9-10H,1-8,11-12H2/p+2. The fourth-order valence-electron chi connectivity index (χ4n) is 2.02. The lowest BCUT2D eigenvalue weighted by molar-refractivity contribution is -0.429. The van der Waals surface area contributed by atoms with E-state index in [4.69, 9.17) is 0 Å². The van der Waals surface area contributed by atoms with E-state index in [1.807, 2.05) is 0 Å². The van der Waals surface area contributed by atoms with Crippen LogP contribution in [0.2, 0.25) is 0 Å². The van der Waals surface area contributed by atoms with Gasteiger partial charge in [0.2, 0.25) is 0 Å². The van der Waals surface area contributed by atoms with Crippen LogP contribution in [0.4, 0.5) is 0 Å². The van der Waals surface area contributed by atoms with Gasteiger partial charge >= 0.3 is 0 Å². The third-order valence-corrected chi connectivity index (χ3v) is 2.95. The molecular formula is C10H24N2+2. The highest BCUT2D eigenvalue weighted by Gasteiger charge is 2.11. The summed E-state index contributed by atoms with van der Waals surface area (Å²) in [4.78, 5) is 0. The van der Waals surface area contributed by atoms with Crippen molar-refractivity contribution in [3.05, 3.63) is 0 Å². The van der Waals surface area contributed by atoms with Crippen LogP contribution >= 0.6 is 0 Å². The fourth-order valence-corrected chi connectivity index (χ4v) is 2.02. The van der Waals surface area contributed by atoms with Crippen LogP contribution in [-0.4, -0.2) is 12.1 Å². The molecule has 0 amide bonds. The number of quaternary nitrogens is 2. The maximum Gasteiger partial charge on any atom is 0.0843 e. The highest BCUT2D eigenvalue weighted by atomic mass is 14.6. The summed E-state index contributed by atoms with van der Waals surface area (Å²) in [5, 5.41) is 0. The van der Waals surface area contributed by atoms with Crippen molar-refractivity contribution in [3.63, 3.8) is 0 Å². The zero-order chi connectivity index (χ0) is 8.81. The molecular weight excluding hydrogens is 148 g/mol. The summed E-state index contributed by atoms with van der Waals surface area (Å²) in [6.07, 6.45) is 10.9. The summed E-state index contributed by atoms with van der Waals surface area (Å²) >= 11 is 0. The highest BCUT2D eigenvalue weighted by molar-refractivity contribution is 4.62. The van der Waals surface area contributed by atoms with Gasteiger partial charge in [-0.3, -0.25) is 0 Å². The van der Waals surface area contributed by atoms with Crippen LogP contribution in [0.3, 0.4) is 0 Å². The van der Waals surface area contributed by atoms with E-state index in [0.29, 0.717) is 0 Å². The topological polar surface area (TPSA) is 55.3 Å².